The Hall–Kier alpha value is -2.86. The van der Waals surface area contributed by atoms with Crippen LogP contribution < -0.4 is 14.0 Å². The van der Waals surface area contributed by atoms with Gasteiger partial charge in [-0.05, 0) is 68.9 Å². The van der Waals surface area contributed by atoms with Crippen molar-refractivity contribution in [2.75, 3.05) is 43.5 Å². The van der Waals surface area contributed by atoms with E-state index in [1.165, 1.54) is 17.0 Å². The number of hydrogen-bond donors (Lipinski definition) is 0. The zero-order chi connectivity index (χ0) is 24.8. The van der Waals surface area contributed by atoms with Gasteiger partial charge in [0.25, 0.3) is 5.91 Å². The molecule has 0 spiro atoms. The third kappa shape index (κ3) is 4.56. The number of alkyl halides is 3. The molecule has 12 heteroatoms. The van der Waals surface area contributed by atoms with Gasteiger partial charge in [0.15, 0.2) is 0 Å². The molecule has 1 unspecified atom stereocenters. The Morgan fingerprint density at radius 2 is 1.82 bits per heavy atom. The Bertz CT molecular complexity index is 1220. The van der Waals surface area contributed by atoms with Crippen LogP contribution in [0.5, 0.6) is 5.75 Å². The van der Waals surface area contributed by atoms with Crippen molar-refractivity contribution in [1.29, 1.82) is 0 Å². The molecule has 0 aliphatic carbocycles. The zero-order valence-corrected chi connectivity index (χ0v) is 19.3. The van der Waals surface area contributed by atoms with E-state index in [1.807, 2.05) is 19.0 Å². The van der Waals surface area contributed by atoms with Crippen molar-refractivity contribution in [1.82, 2.24) is 4.90 Å². The summed E-state index contributed by atoms with van der Waals surface area (Å²) in [6.45, 7) is 1.57. The summed E-state index contributed by atoms with van der Waals surface area (Å²) >= 11 is 0. The molecule has 0 N–H and O–H groups in total. The molecule has 1 fully saturated rings. The van der Waals surface area contributed by atoms with Crippen molar-refractivity contribution in [3.63, 3.8) is 0 Å². The molecule has 1 saturated heterocycles. The van der Waals surface area contributed by atoms with E-state index in [-0.39, 0.29) is 18.5 Å². The maximum absolute atomic E-state index is 15.0. The average molecular weight is 502 g/mol. The number of carbonyl (C=O) groups excluding carboxylic acids is 1. The van der Waals surface area contributed by atoms with Crippen LogP contribution in [0, 0.1) is 5.82 Å². The van der Waals surface area contributed by atoms with E-state index in [1.54, 1.807) is 12.1 Å². The second-order valence-electron chi connectivity index (χ2n) is 8.50. The van der Waals surface area contributed by atoms with E-state index in [4.69, 9.17) is 0 Å². The van der Waals surface area contributed by atoms with Crippen molar-refractivity contribution in [2.45, 2.75) is 24.4 Å². The van der Waals surface area contributed by atoms with Gasteiger partial charge < -0.3 is 18.9 Å². The van der Waals surface area contributed by atoms with Crippen LogP contribution in [0.15, 0.2) is 36.4 Å². The lowest BCUT2D eigenvalue weighted by Gasteiger charge is -2.29. The lowest BCUT2D eigenvalue weighted by Crippen LogP contribution is -2.38. The van der Waals surface area contributed by atoms with Crippen LogP contribution in [-0.4, -0.2) is 64.5 Å². The van der Waals surface area contributed by atoms with Gasteiger partial charge in [-0.3, -0.25) is 4.79 Å². The van der Waals surface area contributed by atoms with E-state index in [0.29, 0.717) is 29.5 Å². The second-order valence-corrected chi connectivity index (χ2v) is 10.0. The molecule has 2 aromatic rings. The topological polar surface area (TPSA) is 70.2 Å². The summed E-state index contributed by atoms with van der Waals surface area (Å²) in [6.07, 6.45) is 1.15. The van der Waals surface area contributed by atoms with Gasteiger partial charge in [0.05, 0.1) is 5.69 Å². The van der Waals surface area contributed by atoms with Gasteiger partial charge in [-0.1, -0.05) is 0 Å². The molecular formula is C22H23F4N3O4S. The van der Waals surface area contributed by atoms with Crippen LogP contribution in [0.4, 0.5) is 28.9 Å². The first-order valence-electron chi connectivity index (χ1n) is 10.5. The molecule has 0 bridgehead atoms. The summed E-state index contributed by atoms with van der Waals surface area (Å²) in [4.78, 5) is 18.4. The third-order valence-electron chi connectivity index (χ3n) is 6.12. The molecule has 34 heavy (non-hydrogen) atoms. The first-order valence-corrected chi connectivity index (χ1v) is 11.9. The van der Waals surface area contributed by atoms with Crippen LogP contribution in [0.3, 0.4) is 0 Å². The molecule has 184 valence electrons. The molecule has 7 nitrogen and oxygen atoms in total. The molecule has 0 saturated carbocycles. The summed E-state index contributed by atoms with van der Waals surface area (Å²) in [5, 5.41) is 0. The second kappa shape index (κ2) is 8.73. The highest BCUT2D eigenvalue weighted by Crippen LogP contribution is 2.33. The highest BCUT2D eigenvalue weighted by Gasteiger charge is 2.48. The minimum absolute atomic E-state index is 0.145. The van der Waals surface area contributed by atoms with Crippen LogP contribution in [0.25, 0.3) is 0 Å². The summed E-state index contributed by atoms with van der Waals surface area (Å²) in [5.74, 6) is -1.45. The quantitative estimate of drug-likeness (QED) is 0.356. The summed E-state index contributed by atoms with van der Waals surface area (Å²) in [6, 6.07) is 8.24. The molecule has 0 aromatic heterocycles. The van der Waals surface area contributed by atoms with Gasteiger partial charge in [0, 0.05) is 36.9 Å². The SMILES string of the molecule is CN(C)C1CCN(c2ccc(N3CCc4cc(OS(=O)(=O)C(F)(F)F)ccc4C3=O)cc2F)C1. The predicted molar refractivity (Wildman–Crippen MR) is 118 cm³/mol. The lowest BCUT2D eigenvalue weighted by molar-refractivity contribution is -0.0500. The Balaban J connectivity index is 1.52. The number of rotatable bonds is 5. The van der Waals surface area contributed by atoms with Crippen molar-refractivity contribution >= 4 is 27.4 Å². The van der Waals surface area contributed by atoms with Crippen LogP contribution in [0.2, 0.25) is 0 Å². The number of fused-ring (bicyclic) bond motifs is 1. The Morgan fingerprint density at radius 3 is 2.44 bits per heavy atom. The molecule has 2 aliphatic heterocycles. The van der Waals surface area contributed by atoms with Crippen molar-refractivity contribution in [2.24, 2.45) is 0 Å². The Kier molecular flexibility index (Phi) is 6.23. The fraction of sp³-hybridized carbons (Fsp3) is 0.409. The fourth-order valence-electron chi connectivity index (χ4n) is 4.24. The minimum Gasteiger partial charge on any atom is -0.376 e. The summed E-state index contributed by atoms with van der Waals surface area (Å²) in [7, 11) is -1.84. The number of anilines is 2. The summed E-state index contributed by atoms with van der Waals surface area (Å²) in [5.41, 5.74) is -4.21. The van der Waals surface area contributed by atoms with Crippen molar-refractivity contribution in [3.05, 3.63) is 53.3 Å². The van der Waals surface area contributed by atoms with Gasteiger partial charge in [0.1, 0.15) is 11.6 Å². The number of nitrogens with zero attached hydrogens (tertiary/aromatic N) is 3. The maximum Gasteiger partial charge on any atom is 0.534 e. The zero-order valence-electron chi connectivity index (χ0n) is 18.5. The third-order valence-corrected chi connectivity index (χ3v) is 7.10. The first-order chi connectivity index (χ1) is 15.9. The molecule has 1 atom stereocenters. The van der Waals surface area contributed by atoms with Crippen LogP contribution in [0.1, 0.15) is 22.3 Å². The van der Waals surface area contributed by atoms with E-state index in [9.17, 15) is 30.8 Å². The van der Waals surface area contributed by atoms with E-state index >= 15 is 0 Å². The average Bonchev–Trinajstić information content (AvgIpc) is 3.23. The number of amides is 1. The molecule has 4 rings (SSSR count). The molecule has 2 heterocycles. The highest BCUT2D eigenvalue weighted by molar-refractivity contribution is 7.88. The van der Waals surface area contributed by atoms with Gasteiger partial charge in [-0.25, -0.2) is 4.39 Å². The smallest absolute Gasteiger partial charge is 0.376 e. The lowest BCUT2D eigenvalue weighted by atomic mass is 9.98. The molecule has 1 amide bonds. The van der Waals surface area contributed by atoms with E-state index < -0.39 is 33.1 Å². The maximum atomic E-state index is 15.0. The number of likely N-dealkylation sites (N-methyl/N-ethyl adjacent to an activating group) is 1. The van der Waals surface area contributed by atoms with Gasteiger partial charge in [-0.15, -0.1) is 0 Å². The molecular weight excluding hydrogens is 478 g/mol. The van der Waals surface area contributed by atoms with E-state index in [0.717, 1.165) is 25.1 Å². The monoisotopic (exact) mass is 501 g/mol. The minimum atomic E-state index is -5.81. The number of benzene rings is 2. The number of hydrogen-bond acceptors (Lipinski definition) is 6. The van der Waals surface area contributed by atoms with Gasteiger partial charge in [-0.2, -0.15) is 21.6 Å². The molecule has 0 radical (unpaired) electrons. The van der Waals surface area contributed by atoms with Crippen LogP contribution in [-0.2, 0) is 16.5 Å². The van der Waals surface area contributed by atoms with Gasteiger partial charge >= 0.3 is 15.6 Å². The Labute approximate surface area is 194 Å². The normalized spacial score (nSPS) is 19.0. The molecule has 2 aromatic carbocycles. The largest absolute Gasteiger partial charge is 0.534 e. The van der Waals surface area contributed by atoms with Crippen molar-refractivity contribution < 1.29 is 35.0 Å². The highest BCUT2D eigenvalue weighted by atomic mass is 32.2. The first kappa shape index (κ1) is 24.3. The number of carbonyl (C=O) groups is 1. The molecule has 2 aliphatic rings. The predicted octanol–water partition coefficient (Wildman–Crippen LogP) is 3.40. The van der Waals surface area contributed by atoms with Gasteiger partial charge in [0.2, 0.25) is 0 Å². The fourth-order valence-corrected chi connectivity index (χ4v) is 4.69. The van der Waals surface area contributed by atoms with Crippen LogP contribution >= 0.6 is 0 Å². The van der Waals surface area contributed by atoms with E-state index in [2.05, 4.69) is 9.08 Å². The Morgan fingerprint density at radius 1 is 1.09 bits per heavy atom. The summed E-state index contributed by atoms with van der Waals surface area (Å²) < 4.78 is 79.3. The number of halogens is 4. The van der Waals surface area contributed by atoms with Crippen molar-refractivity contribution in [3.8, 4) is 5.75 Å². The standard InChI is InChI=1S/C22H23F4N3O4S/c1-27(2)16-8-9-28(13-16)20-6-3-15(12-19(20)23)29-10-7-14-11-17(4-5-18(14)21(29)30)33-34(31,32)22(24,25)26/h3-6,11-12,16H,7-10,13H2,1-2H3.